The van der Waals surface area contributed by atoms with Crippen molar-refractivity contribution in [3.8, 4) is 17.6 Å². The molecule has 42 heavy (non-hydrogen) atoms. The number of aromatic nitrogens is 1. The molecule has 0 bridgehead atoms. The Balaban J connectivity index is 0.00000198. The van der Waals surface area contributed by atoms with Crippen LogP contribution in [0.4, 0.5) is 20.2 Å². The molecule has 2 heterocycles. The van der Waals surface area contributed by atoms with Crippen molar-refractivity contribution in [3.63, 3.8) is 0 Å². The zero-order valence-electron chi connectivity index (χ0n) is 25.3. The number of methoxy groups -OCH3 is 1. The van der Waals surface area contributed by atoms with Gasteiger partial charge in [-0.15, -0.1) is 0 Å². The summed E-state index contributed by atoms with van der Waals surface area (Å²) >= 11 is 0. The van der Waals surface area contributed by atoms with Crippen LogP contribution in [0.15, 0.2) is 36.4 Å². The number of rotatable bonds is 9. The second-order valence-corrected chi connectivity index (χ2v) is 10.7. The monoisotopic (exact) mass is 579 g/mol. The summed E-state index contributed by atoms with van der Waals surface area (Å²) in [5.41, 5.74) is 3.26. The summed E-state index contributed by atoms with van der Waals surface area (Å²) < 4.78 is 37.1. The van der Waals surface area contributed by atoms with Gasteiger partial charge in [-0.2, -0.15) is 0 Å². The number of piperidine rings is 1. The third-order valence-electron chi connectivity index (χ3n) is 7.62. The van der Waals surface area contributed by atoms with Crippen LogP contribution in [0.2, 0.25) is 0 Å². The number of nitrogens with one attached hydrogen (secondary N) is 3. The highest BCUT2D eigenvalue weighted by atomic mass is 19.1. The number of amides is 1. The number of fused-ring (bicyclic) bond motifs is 1. The number of benzene rings is 2. The summed E-state index contributed by atoms with van der Waals surface area (Å²) in [6, 6.07) is 10.6. The van der Waals surface area contributed by atoms with Crippen molar-refractivity contribution in [3.05, 3.63) is 53.5 Å². The molecule has 0 spiro atoms. The molecular formula is C33H43F2N5O2. The summed E-state index contributed by atoms with van der Waals surface area (Å²) in [5, 5.41) is 10.2. The lowest BCUT2D eigenvalue weighted by molar-refractivity contribution is 0.0951. The summed E-state index contributed by atoms with van der Waals surface area (Å²) in [4.78, 5) is 14.2. The van der Waals surface area contributed by atoms with Gasteiger partial charge >= 0.3 is 0 Å². The maximum atomic E-state index is 14.8. The lowest BCUT2D eigenvalue weighted by atomic mass is 10.0. The van der Waals surface area contributed by atoms with Crippen molar-refractivity contribution in [2.24, 2.45) is 5.92 Å². The van der Waals surface area contributed by atoms with E-state index in [1.54, 1.807) is 6.92 Å². The molecule has 0 radical (unpaired) electrons. The molecule has 1 aliphatic heterocycles. The molecule has 1 aliphatic carbocycles. The molecule has 1 saturated carbocycles. The number of hydrogen-bond donors (Lipinski definition) is 3. The first-order valence-corrected chi connectivity index (χ1v) is 15.0. The van der Waals surface area contributed by atoms with Crippen LogP contribution in [0, 0.1) is 23.6 Å². The van der Waals surface area contributed by atoms with Crippen LogP contribution in [0.3, 0.4) is 0 Å². The first-order valence-electron chi connectivity index (χ1n) is 15.0. The molecule has 2 atom stereocenters. The van der Waals surface area contributed by atoms with Crippen molar-refractivity contribution < 1.29 is 18.3 Å². The summed E-state index contributed by atoms with van der Waals surface area (Å²) in [6.07, 6.45) is 2.25. The molecule has 2 unspecified atom stereocenters. The van der Waals surface area contributed by atoms with Gasteiger partial charge in [0, 0.05) is 43.3 Å². The van der Waals surface area contributed by atoms with Crippen molar-refractivity contribution in [1.29, 1.82) is 0 Å². The average Bonchev–Trinajstić information content (AvgIpc) is 3.74. The van der Waals surface area contributed by atoms with Crippen LogP contribution in [0.1, 0.15) is 56.1 Å². The molecule has 1 aromatic heterocycles. The van der Waals surface area contributed by atoms with Gasteiger partial charge in [0.25, 0.3) is 5.91 Å². The molecular weight excluding hydrogens is 536 g/mol. The van der Waals surface area contributed by atoms with Gasteiger partial charge in [0.2, 0.25) is 0 Å². The van der Waals surface area contributed by atoms with Crippen molar-refractivity contribution in [1.82, 2.24) is 14.8 Å². The molecule has 2 fully saturated rings. The highest BCUT2D eigenvalue weighted by Gasteiger charge is 2.28. The van der Waals surface area contributed by atoms with Gasteiger partial charge in [-0.05, 0) is 69.3 Å². The third kappa shape index (κ3) is 7.35. The van der Waals surface area contributed by atoms with Gasteiger partial charge < -0.3 is 30.2 Å². The molecule has 3 N–H and O–H groups in total. The van der Waals surface area contributed by atoms with E-state index in [1.807, 2.05) is 37.9 Å². The Kier molecular flexibility index (Phi) is 10.7. The minimum atomic E-state index is -0.926. The molecule has 2 aliphatic rings. The fraction of sp³-hybridized carbons (Fsp3) is 0.485. The number of alkyl halides is 1. The Morgan fingerprint density at radius 2 is 1.93 bits per heavy atom. The molecule has 1 amide bonds. The van der Waals surface area contributed by atoms with Gasteiger partial charge in [-0.25, -0.2) is 8.78 Å². The van der Waals surface area contributed by atoms with Gasteiger partial charge in [0.1, 0.15) is 17.7 Å². The third-order valence-corrected chi connectivity index (χ3v) is 7.62. The lowest BCUT2D eigenvalue weighted by Crippen LogP contribution is -2.46. The predicted octanol–water partition coefficient (Wildman–Crippen LogP) is 5.89. The first-order chi connectivity index (χ1) is 20.4. The zero-order chi connectivity index (χ0) is 30.2. The smallest absolute Gasteiger partial charge is 0.254 e. The highest BCUT2D eigenvalue weighted by molar-refractivity contribution is 5.96. The van der Waals surface area contributed by atoms with Crippen LogP contribution in [0.25, 0.3) is 10.9 Å². The molecule has 2 aromatic carbocycles. The van der Waals surface area contributed by atoms with Crippen LogP contribution in [-0.2, 0) is 6.54 Å². The number of halogens is 2. The summed E-state index contributed by atoms with van der Waals surface area (Å²) in [6.45, 7) is 8.63. The normalized spacial score (nSPS) is 18.4. The van der Waals surface area contributed by atoms with Crippen LogP contribution < -0.4 is 20.7 Å². The maximum absolute atomic E-state index is 14.8. The van der Waals surface area contributed by atoms with E-state index in [2.05, 4.69) is 44.5 Å². The molecule has 1 saturated heterocycles. The Labute approximate surface area is 248 Å². The number of nitrogens with zero attached hydrogens (tertiary/aromatic N) is 2. The first kappa shape index (κ1) is 31.2. The molecule has 7 nitrogen and oxygen atoms in total. The van der Waals surface area contributed by atoms with Crippen LogP contribution in [0.5, 0.6) is 5.75 Å². The Hall–Kier alpha value is -3.77. The minimum absolute atomic E-state index is 0.0660. The van der Waals surface area contributed by atoms with Crippen LogP contribution in [-0.4, -0.2) is 67.9 Å². The summed E-state index contributed by atoms with van der Waals surface area (Å²) in [7, 11) is 3.43. The number of carbonyl (C=O) groups excluding carboxylic acids is 1. The fourth-order valence-electron chi connectivity index (χ4n) is 5.25. The SMILES string of the molecule is CC.CCNC(=O)c1cc(OC)c(NCC#Cc2cc3c(NC4CCN(C)CC4F)cccc3n2CC2CC2)cc1F. The molecule has 3 aromatic rings. The van der Waals surface area contributed by atoms with Crippen molar-refractivity contribution >= 4 is 28.2 Å². The number of carbonyl (C=O) groups is 1. The van der Waals surface area contributed by atoms with E-state index in [1.165, 1.54) is 32.1 Å². The van der Waals surface area contributed by atoms with E-state index in [-0.39, 0.29) is 18.2 Å². The number of ether oxygens (including phenoxy) is 1. The van der Waals surface area contributed by atoms with E-state index in [0.717, 1.165) is 41.8 Å². The topological polar surface area (TPSA) is 70.6 Å². The standard InChI is InChI=1S/C31H37F2N5O2.C2H6/c1-4-34-31(39)22-16-30(40-3)28(17-24(22)32)35-13-6-7-21-15-23-26(36-27-12-14-37(2)19-25(27)33)8-5-9-29(23)38(21)18-20-10-11-20;1-2/h5,8-9,15-17,20,25,27,35-36H,4,10-14,18-19H2,1-3H3,(H,34,39);1-2H3. The van der Waals surface area contributed by atoms with E-state index in [9.17, 15) is 13.6 Å². The summed E-state index contributed by atoms with van der Waals surface area (Å²) in [5.74, 6) is 6.34. The largest absolute Gasteiger partial charge is 0.495 e. The van der Waals surface area contributed by atoms with Gasteiger partial charge in [-0.1, -0.05) is 25.8 Å². The fourth-order valence-corrected chi connectivity index (χ4v) is 5.25. The van der Waals surface area contributed by atoms with Crippen molar-refractivity contribution in [2.75, 3.05) is 51.0 Å². The van der Waals surface area contributed by atoms with E-state index in [0.29, 0.717) is 30.4 Å². The van der Waals surface area contributed by atoms with Gasteiger partial charge in [0.05, 0.1) is 42.2 Å². The highest BCUT2D eigenvalue weighted by Crippen LogP contribution is 2.35. The lowest BCUT2D eigenvalue weighted by Gasteiger charge is -2.33. The predicted molar refractivity (Wildman–Crippen MR) is 167 cm³/mol. The Morgan fingerprint density at radius 3 is 2.62 bits per heavy atom. The minimum Gasteiger partial charge on any atom is -0.495 e. The quantitative estimate of drug-likeness (QED) is 0.276. The Morgan fingerprint density at radius 1 is 1.14 bits per heavy atom. The number of hydrogen-bond acceptors (Lipinski definition) is 5. The van der Waals surface area contributed by atoms with Gasteiger partial charge in [-0.3, -0.25) is 4.79 Å². The zero-order valence-corrected chi connectivity index (χ0v) is 25.3. The van der Waals surface area contributed by atoms with Crippen molar-refractivity contribution in [2.45, 2.75) is 58.8 Å². The molecule has 9 heteroatoms. The van der Waals surface area contributed by atoms with E-state index in [4.69, 9.17) is 4.74 Å². The molecule has 5 rings (SSSR count). The maximum Gasteiger partial charge on any atom is 0.254 e. The second kappa shape index (κ2) is 14.4. The van der Waals surface area contributed by atoms with Gasteiger partial charge in [0.15, 0.2) is 0 Å². The average molecular weight is 580 g/mol. The Bertz CT molecular complexity index is 1440. The van der Waals surface area contributed by atoms with Crippen LogP contribution >= 0.6 is 0 Å². The van der Waals surface area contributed by atoms with E-state index < -0.39 is 17.9 Å². The number of likely N-dealkylation sites (tertiary alicyclic amines) is 1. The molecule has 226 valence electrons. The van der Waals surface area contributed by atoms with E-state index >= 15 is 0 Å². The second-order valence-electron chi connectivity index (χ2n) is 10.7. The number of anilines is 2.